The topological polar surface area (TPSA) is 95.5 Å². The van der Waals surface area contributed by atoms with Crippen LogP contribution in [0.4, 0.5) is 0 Å². The Morgan fingerprint density at radius 3 is 2.82 bits per heavy atom. The van der Waals surface area contributed by atoms with E-state index in [1.807, 2.05) is 0 Å². The molecule has 0 radical (unpaired) electrons. The molecule has 0 saturated carbocycles. The average molecular weight is 264 g/mol. The van der Waals surface area contributed by atoms with Gasteiger partial charge in [0, 0.05) is 6.54 Å². The van der Waals surface area contributed by atoms with Gasteiger partial charge in [-0.2, -0.15) is 0 Å². The van der Waals surface area contributed by atoms with Gasteiger partial charge in [0.25, 0.3) is 0 Å². The van der Waals surface area contributed by atoms with Crippen LogP contribution in [-0.4, -0.2) is 44.9 Å². The minimum atomic E-state index is -3.43. The van der Waals surface area contributed by atoms with Gasteiger partial charge in [-0.15, -0.1) is 0 Å². The number of carbonyl (C=O) groups is 1. The van der Waals surface area contributed by atoms with Gasteiger partial charge in [0.15, 0.2) is 0 Å². The number of piperidine rings is 1. The second-order valence-electron chi connectivity index (χ2n) is 4.36. The summed E-state index contributed by atoms with van der Waals surface area (Å²) < 4.78 is 25.2. The average Bonchev–Trinajstić information content (AvgIpc) is 2.28. The van der Waals surface area contributed by atoms with Crippen molar-refractivity contribution in [2.45, 2.75) is 25.7 Å². The second-order valence-corrected chi connectivity index (χ2v) is 6.28. The smallest absolute Gasteiger partial charge is 0.304 e. The molecule has 1 unspecified atom stereocenters. The summed E-state index contributed by atoms with van der Waals surface area (Å²) in [5.74, 6) is -0.914. The summed E-state index contributed by atoms with van der Waals surface area (Å²) in [6.07, 6.45) is 2.72. The molecule has 1 atom stereocenters. The molecule has 0 aromatic carbocycles. The molecule has 0 bridgehead atoms. The molecular weight excluding hydrogens is 244 g/mol. The molecule has 3 N–H and O–H groups in total. The first-order chi connectivity index (χ1) is 7.99. The van der Waals surface area contributed by atoms with Crippen molar-refractivity contribution in [2.24, 2.45) is 5.92 Å². The number of aliphatic carboxylic acids is 1. The van der Waals surface area contributed by atoms with E-state index in [-0.39, 0.29) is 12.2 Å². The van der Waals surface area contributed by atoms with Gasteiger partial charge < -0.3 is 10.4 Å². The fourth-order valence-electron chi connectivity index (χ4n) is 1.88. The van der Waals surface area contributed by atoms with Crippen molar-refractivity contribution in [3.05, 3.63) is 0 Å². The zero-order valence-electron chi connectivity index (χ0n) is 9.81. The third kappa shape index (κ3) is 6.60. The number of sulfonamides is 1. The molecule has 1 aliphatic heterocycles. The lowest BCUT2D eigenvalue weighted by atomic mass is 9.96. The van der Waals surface area contributed by atoms with Gasteiger partial charge in [-0.05, 0) is 38.3 Å². The summed E-state index contributed by atoms with van der Waals surface area (Å²) in [6.45, 7) is 2.38. The first-order valence-corrected chi connectivity index (χ1v) is 7.55. The molecule has 0 aliphatic carbocycles. The highest BCUT2D eigenvalue weighted by Crippen LogP contribution is 2.13. The van der Waals surface area contributed by atoms with Crippen molar-refractivity contribution < 1.29 is 18.3 Å². The van der Waals surface area contributed by atoms with Gasteiger partial charge in [-0.25, -0.2) is 13.1 Å². The number of hydrogen-bond donors (Lipinski definition) is 3. The molecule has 1 heterocycles. The molecule has 6 nitrogen and oxygen atoms in total. The van der Waals surface area contributed by atoms with E-state index in [0.717, 1.165) is 32.4 Å². The second kappa shape index (κ2) is 6.93. The molecular formula is C10H20N2O4S. The fourth-order valence-corrected chi connectivity index (χ4v) is 2.90. The van der Waals surface area contributed by atoms with Crippen molar-refractivity contribution in [2.75, 3.05) is 25.4 Å². The number of hydrogen-bond acceptors (Lipinski definition) is 4. The SMILES string of the molecule is O=C(O)CCS(=O)(=O)NCCC1CCCNC1. The largest absolute Gasteiger partial charge is 0.481 e. The Bertz CT molecular complexity index is 336. The predicted octanol–water partition coefficient (Wildman–Crippen LogP) is -0.230. The van der Waals surface area contributed by atoms with Crippen LogP contribution < -0.4 is 10.0 Å². The molecule has 17 heavy (non-hydrogen) atoms. The number of nitrogens with one attached hydrogen (secondary N) is 2. The maximum Gasteiger partial charge on any atom is 0.304 e. The summed E-state index contributed by atoms with van der Waals surface area (Å²) in [6, 6.07) is 0. The van der Waals surface area contributed by atoms with Crippen LogP contribution in [0.25, 0.3) is 0 Å². The Morgan fingerprint density at radius 1 is 1.47 bits per heavy atom. The molecule has 1 rings (SSSR count). The maximum atomic E-state index is 11.4. The Labute approximate surface area is 102 Å². The van der Waals surface area contributed by atoms with Crippen LogP contribution in [0.1, 0.15) is 25.7 Å². The molecule has 0 spiro atoms. The summed E-state index contributed by atoms with van der Waals surface area (Å²) >= 11 is 0. The lowest BCUT2D eigenvalue weighted by Gasteiger charge is -2.22. The Kier molecular flexibility index (Phi) is 5.87. The number of rotatable bonds is 7. The van der Waals surface area contributed by atoms with Crippen molar-refractivity contribution in [1.29, 1.82) is 0 Å². The Hall–Kier alpha value is -0.660. The molecule has 7 heteroatoms. The van der Waals surface area contributed by atoms with Crippen LogP contribution in [-0.2, 0) is 14.8 Å². The van der Waals surface area contributed by atoms with Crippen molar-refractivity contribution >= 4 is 16.0 Å². The molecule has 1 aliphatic rings. The standard InChI is InChI=1S/C10H20N2O4S/c13-10(14)4-7-17(15,16)12-6-3-9-2-1-5-11-8-9/h9,11-12H,1-8H2,(H,13,14). The minimum absolute atomic E-state index is 0.342. The third-order valence-corrected chi connectivity index (χ3v) is 4.24. The summed E-state index contributed by atoms with van der Waals surface area (Å²) in [4.78, 5) is 10.3. The van der Waals surface area contributed by atoms with Crippen LogP contribution in [0.15, 0.2) is 0 Å². The molecule has 0 aromatic rings. The van der Waals surface area contributed by atoms with E-state index in [1.165, 1.54) is 0 Å². The zero-order chi connectivity index (χ0) is 12.7. The van der Waals surface area contributed by atoms with E-state index in [9.17, 15) is 13.2 Å². The van der Waals surface area contributed by atoms with Gasteiger partial charge in [-0.3, -0.25) is 4.79 Å². The number of carboxylic acid groups (broad SMARTS) is 1. The lowest BCUT2D eigenvalue weighted by molar-refractivity contribution is -0.136. The van der Waals surface area contributed by atoms with Gasteiger partial charge in [0.2, 0.25) is 10.0 Å². The highest BCUT2D eigenvalue weighted by Gasteiger charge is 2.15. The van der Waals surface area contributed by atoms with E-state index in [2.05, 4.69) is 10.0 Å². The van der Waals surface area contributed by atoms with Gasteiger partial charge >= 0.3 is 5.97 Å². The lowest BCUT2D eigenvalue weighted by Crippen LogP contribution is -2.34. The van der Waals surface area contributed by atoms with E-state index in [4.69, 9.17) is 5.11 Å². The van der Waals surface area contributed by atoms with E-state index >= 15 is 0 Å². The first-order valence-electron chi connectivity index (χ1n) is 5.89. The van der Waals surface area contributed by atoms with Crippen LogP contribution in [0, 0.1) is 5.92 Å². The maximum absolute atomic E-state index is 11.4. The quantitative estimate of drug-likeness (QED) is 0.590. The molecule has 0 amide bonds. The molecule has 100 valence electrons. The van der Waals surface area contributed by atoms with Crippen molar-refractivity contribution in [3.8, 4) is 0 Å². The summed E-state index contributed by atoms with van der Waals surface area (Å²) in [7, 11) is -3.43. The van der Waals surface area contributed by atoms with Crippen molar-refractivity contribution in [1.82, 2.24) is 10.0 Å². The Morgan fingerprint density at radius 2 is 2.24 bits per heavy atom. The normalized spacial score (nSPS) is 21.3. The highest BCUT2D eigenvalue weighted by molar-refractivity contribution is 7.89. The highest BCUT2D eigenvalue weighted by atomic mass is 32.2. The zero-order valence-corrected chi connectivity index (χ0v) is 10.6. The Balaban J connectivity index is 2.17. The summed E-state index contributed by atoms with van der Waals surface area (Å²) in [5, 5.41) is 11.7. The van der Waals surface area contributed by atoms with Crippen LogP contribution in [0.2, 0.25) is 0 Å². The third-order valence-electron chi connectivity index (χ3n) is 2.86. The minimum Gasteiger partial charge on any atom is -0.481 e. The van der Waals surface area contributed by atoms with Crippen molar-refractivity contribution in [3.63, 3.8) is 0 Å². The summed E-state index contributed by atoms with van der Waals surface area (Å²) in [5.41, 5.74) is 0. The van der Waals surface area contributed by atoms with Crippen LogP contribution in [0.3, 0.4) is 0 Å². The van der Waals surface area contributed by atoms with E-state index in [1.54, 1.807) is 0 Å². The first kappa shape index (κ1) is 14.4. The van der Waals surface area contributed by atoms with E-state index in [0.29, 0.717) is 12.5 Å². The predicted molar refractivity (Wildman–Crippen MR) is 64.3 cm³/mol. The molecule has 1 saturated heterocycles. The monoisotopic (exact) mass is 264 g/mol. The molecule has 1 fully saturated rings. The fraction of sp³-hybridized carbons (Fsp3) is 0.900. The van der Waals surface area contributed by atoms with Crippen LogP contribution in [0.5, 0.6) is 0 Å². The van der Waals surface area contributed by atoms with Gasteiger partial charge in [0.1, 0.15) is 0 Å². The molecule has 0 aromatic heterocycles. The van der Waals surface area contributed by atoms with Crippen LogP contribution >= 0.6 is 0 Å². The van der Waals surface area contributed by atoms with Gasteiger partial charge in [-0.1, -0.05) is 0 Å². The van der Waals surface area contributed by atoms with E-state index < -0.39 is 16.0 Å². The number of carboxylic acids is 1. The van der Waals surface area contributed by atoms with Gasteiger partial charge in [0.05, 0.1) is 12.2 Å².